The standard InChI is InChI=1S/C20H26N4O3/c1-13(23-24-21)11-25-16-6-4-15(5-7-16)20-22-18-9-8-17(10-19(18)27-20)26-12-14-2-3-14/h8-10,13-16H,2-7,11-12H2,1H3. The Bertz CT molecular complexity index is 818. The molecule has 0 N–H and O–H groups in total. The van der Waals surface area contributed by atoms with Crippen LogP contribution in [0.3, 0.4) is 0 Å². The van der Waals surface area contributed by atoms with Crippen molar-refractivity contribution in [3.8, 4) is 5.75 Å². The Morgan fingerprint density at radius 3 is 2.81 bits per heavy atom. The van der Waals surface area contributed by atoms with Crippen molar-refractivity contribution in [1.82, 2.24) is 4.98 Å². The van der Waals surface area contributed by atoms with Gasteiger partial charge < -0.3 is 13.9 Å². The van der Waals surface area contributed by atoms with Crippen molar-refractivity contribution in [3.05, 3.63) is 34.5 Å². The van der Waals surface area contributed by atoms with Crippen LogP contribution in [0.5, 0.6) is 5.75 Å². The van der Waals surface area contributed by atoms with Crippen LogP contribution in [0.15, 0.2) is 27.7 Å². The topological polar surface area (TPSA) is 93.2 Å². The quantitative estimate of drug-likeness (QED) is 0.355. The minimum atomic E-state index is -0.124. The predicted octanol–water partition coefficient (Wildman–Crippen LogP) is 5.36. The van der Waals surface area contributed by atoms with E-state index in [9.17, 15) is 0 Å². The molecule has 0 amide bonds. The van der Waals surface area contributed by atoms with E-state index in [1.54, 1.807) is 0 Å². The van der Waals surface area contributed by atoms with Gasteiger partial charge in [-0.2, -0.15) is 0 Å². The van der Waals surface area contributed by atoms with Gasteiger partial charge in [0.1, 0.15) is 11.3 Å². The van der Waals surface area contributed by atoms with Crippen LogP contribution >= 0.6 is 0 Å². The molecule has 1 atom stereocenters. The van der Waals surface area contributed by atoms with E-state index in [-0.39, 0.29) is 12.1 Å². The largest absolute Gasteiger partial charge is 0.493 e. The van der Waals surface area contributed by atoms with Crippen molar-refractivity contribution in [2.75, 3.05) is 13.2 Å². The summed E-state index contributed by atoms with van der Waals surface area (Å²) in [6.45, 7) is 3.15. The predicted molar refractivity (Wildman–Crippen MR) is 102 cm³/mol. The molecule has 2 aliphatic rings. The number of ether oxygens (including phenoxy) is 2. The molecule has 0 bridgehead atoms. The van der Waals surface area contributed by atoms with Crippen LogP contribution in [0.2, 0.25) is 0 Å². The summed E-state index contributed by atoms with van der Waals surface area (Å²) >= 11 is 0. The number of fused-ring (bicyclic) bond motifs is 1. The monoisotopic (exact) mass is 370 g/mol. The second kappa shape index (κ2) is 8.19. The molecule has 0 saturated heterocycles. The van der Waals surface area contributed by atoms with E-state index in [4.69, 9.17) is 24.4 Å². The zero-order chi connectivity index (χ0) is 18.6. The Morgan fingerprint density at radius 1 is 1.26 bits per heavy atom. The van der Waals surface area contributed by atoms with E-state index in [2.05, 4.69) is 10.0 Å². The fraction of sp³-hybridized carbons (Fsp3) is 0.650. The average molecular weight is 370 g/mol. The maximum atomic E-state index is 8.45. The second-order valence-electron chi connectivity index (χ2n) is 7.80. The average Bonchev–Trinajstić information content (AvgIpc) is 3.42. The highest BCUT2D eigenvalue weighted by atomic mass is 16.5. The molecule has 0 aliphatic heterocycles. The van der Waals surface area contributed by atoms with Crippen molar-refractivity contribution < 1.29 is 13.9 Å². The normalized spacial score (nSPS) is 23.7. The van der Waals surface area contributed by atoms with Gasteiger partial charge in [-0.15, -0.1) is 0 Å². The highest BCUT2D eigenvalue weighted by molar-refractivity contribution is 5.74. The molecule has 4 rings (SSSR count). The van der Waals surface area contributed by atoms with E-state index in [1.165, 1.54) is 12.8 Å². The SMILES string of the molecule is CC(COC1CCC(c2nc3ccc(OCC4CC4)cc3o2)CC1)N=[N+]=[N-]. The minimum Gasteiger partial charge on any atom is -0.493 e. The van der Waals surface area contributed by atoms with Gasteiger partial charge in [0.05, 0.1) is 25.4 Å². The van der Waals surface area contributed by atoms with Gasteiger partial charge >= 0.3 is 0 Å². The number of benzene rings is 1. The van der Waals surface area contributed by atoms with Crippen LogP contribution in [0.4, 0.5) is 0 Å². The summed E-state index contributed by atoms with van der Waals surface area (Å²) in [6, 6.07) is 5.80. The zero-order valence-electron chi connectivity index (χ0n) is 15.7. The van der Waals surface area contributed by atoms with Crippen LogP contribution in [0.1, 0.15) is 57.3 Å². The first-order valence-corrected chi connectivity index (χ1v) is 9.90. The molecule has 1 aromatic heterocycles. The van der Waals surface area contributed by atoms with Crippen molar-refractivity contribution in [1.29, 1.82) is 0 Å². The lowest BCUT2D eigenvalue weighted by Crippen LogP contribution is -2.24. The van der Waals surface area contributed by atoms with E-state index in [0.717, 1.165) is 60.9 Å². The molecule has 7 nitrogen and oxygen atoms in total. The van der Waals surface area contributed by atoms with Gasteiger partial charge in [-0.05, 0) is 62.1 Å². The van der Waals surface area contributed by atoms with Crippen LogP contribution in [0, 0.1) is 5.92 Å². The lowest BCUT2D eigenvalue weighted by atomic mass is 9.87. The summed E-state index contributed by atoms with van der Waals surface area (Å²) < 4.78 is 17.8. The molecular formula is C20H26N4O3. The van der Waals surface area contributed by atoms with Gasteiger partial charge in [-0.25, -0.2) is 4.98 Å². The van der Waals surface area contributed by atoms with E-state index in [0.29, 0.717) is 12.5 Å². The highest BCUT2D eigenvalue weighted by Crippen LogP contribution is 2.36. The van der Waals surface area contributed by atoms with Crippen LogP contribution in [-0.2, 0) is 4.74 Å². The Hall–Kier alpha value is -2.24. The Morgan fingerprint density at radius 2 is 2.07 bits per heavy atom. The molecule has 2 saturated carbocycles. The van der Waals surface area contributed by atoms with Crippen molar-refractivity contribution >= 4 is 11.1 Å². The number of rotatable bonds is 8. The van der Waals surface area contributed by atoms with Gasteiger partial charge in [0, 0.05) is 16.9 Å². The summed E-state index contributed by atoms with van der Waals surface area (Å²) in [5.74, 6) is 2.76. The zero-order valence-corrected chi connectivity index (χ0v) is 15.7. The number of azide groups is 1. The number of oxazole rings is 1. The molecule has 2 fully saturated rings. The fourth-order valence-corrected chi connectivity index (χ4v) is 3.56. The first-order chi connectivity index (χ1) is 13.2. The molecule has 0 spiro atoms. The number of nitrogens with zero attached hydrogens (tertiary/aromatic N) is 4. The third-order valence-electron chi connectivity index (χ3n) is 5.40. The minimum absolute atomic E-state index is 0.124. The lowest BCUT2D eigenvalue weighted by molar-refractivity contribution is 0.0179. The number of hydrogen-bond donors (Lipinski definition) is 0. The summed E-state index contributed by atoms with van der Waals surface area (Å²) in [6.07, 6.45) is 6.74. The Balaban J connectivity index is 1.32. The van der Waals surface area contributed by atoms with Gasteiger partial charge in [0.25, 0.3) is 0 Å². The van der Waals surface area contributed by atoms with Crippen molar-refractivity contribution in [3.63, 3.8) is 0 Å². The molecule has 1 heterocycles. The molecule has 7 heteroatoms. The van der Waals surface area contributed by atoms with Gasteiger partial charge in [-0.3, -0.25) is 0 Å². The molecule has 1 aromatic carbocycles. The van der Waals surface area contributed by atoms with Gasteiger partial charge in [0.2, 0.25) is 0 Å². The van der Waals surface area contributed by atoms with E-state index >= 15 is 0 Å². The maximum Gasteiger partial charge on any atom is 0.198 e. The highest BCUT2D eigenvalue weighted by Gasteiger charge is 2.27. The molecule has 0 radical (unpaired) electrons. The van der Waals surface area contributed by atoms with Gasteiger partial charge in [0.15, 0.2) is 11.5 Å². The first-order valence-electron chi connectivity index (χ1n) is 9.90. The maximum absolute atomic E-state index is 8.45. The molecule has 2 aliphatic carbocycles. The molecule has 27 heavy (non-hydrogen) atoms. The molecule has 1 unspecified atom stereocenters. The number of hydrogen-bond acceptors (Lipinski definition) is 5. The van der Waals surface area contributed by atoms with Crippen LogP contribution in [0.25, 0.3) is 21.5 Å². The first kappa shape index (κ1) is 18.1. The van der Waals surface area contributed by atoms with Crippen LogP contribution in [-0.4, -0.2) is 30.3 Å². The molecular weight excluding hydrogens is 344 g/mol. The summed E-state index contributed by atoms with van der Waals surface area (Å²) in [5, 5.41) is 3.65. The van der Waals surface area contributed by atoms with Gasteiger partial charge in [-0.1, -0.05) is 12.0 Å². The second-order valence-corrected chi connectivity index (χ2v) is 7.80. The summed E-state index contributed by atoms with van der Waals surface area (Å²) in [5.41, 5.74) is 10.1. The third kappa shape index (κ3) is 4.73. The Labute approximate surface area is 158 Å². The molecule has 2 aromatic rings. The van der Waals surface area contributed by atoms with E-state index < -0.39 is 0 Å². The molecule has 144 valence electrons. The lowest BCUT2D eigenvalue weighted by Gasteiger charge is -2.27. The Kier molecular flexibility index (Phi) is 5.50. The smallest absolute Gasteiger partial charge is 0.198 e. The summed E-state index contributed by atoms with van der Waals surface area (Å²) in [7, 11) is 0. The van der Waals surface area contributed by atoms with Crippen molar-refractivity contribution in [2.24, 2.45) is 11.0 Å². The van der Waals surface area contributed by atoms with Crippen LogP contribution < -0.4 is 4.74 Å². The third-order valence-corrected chi connectivity index (χ3v) is 5.40. The fourth-order valence-electron chi connectivity index (χ4n) is 3.56. The number of aromatic nitrogens is 1. The van der Waals surface area contributed by atoms with Crippen molar-refractivity contribution in [2.45, 2.75) is 63.5 Å². The summed E-state index contributed by atoms with van der Waals surface area (Å²) in [4.78, 5) is 7.51. The van der Waals surface area contributed by atoms with E-state index in [1.807, 2.05) is 25.1 Å².